The lowest BCUT2D eigenvalue weighted by Gasteiger charge is -2.26. The summed E-state index contributed by atoms with van der Waals surface area (Å²) >= 11 is 1.38. The van der Waals surface area contributed by atoms with E-state index in [1.807, 2.05) is 26.2 Å². The van der Waals surface area contributed by atoms with Crippen LogP contribution in [-0.2, 0) is 9.59 Å². The van der Waals surface area contributed by atoms with E-state index in [0.717, 1.165) is 16.0 Å². The zero-order chi connectivity index (χ0) is 18.8. The van der Waals surface area contributed by atoms with Gasteiger partial charge in [0.05, 0.1) is 5.69 Å². The van der Waals surface area contributed by atoms with Crippen LogP contribution in [0, 0.1) is 13.8 Å². The number of rotatable bonds is 3. The Morgan fingerprint density at radius 2 is 1.77 bits per heavy atom. The molecule has 2 heterocycles. The largest absolute Gasteiger partial charge is 0.335 e. The van der Waals surface area contributed by atoms with Crippen LogP contribution in [0.25, 0.3) is 6.08 Å². The monoisotopic (exact) mass is 368 g/mol. The molecule has 1 saturated heterocycles. The summed E-state index contributed by atoms with van der Waals surface area (Å²) in [7, 11) is 0. The minimum absolute atomic E-state index is 0.150. The van der Waals surface area contributed by atoms with E-state index >= 15 is 0 Å². The molecule has 132 valence electrons. The number of aryl methyl sites for hydroxylation is 2. The van der Waals surface area contributed by atoms with Crippen molar-refractivity contribution in [1.82, 2.24) is 15.3 Å². The van der Waals surface area contributed by atoms with Crippen LogP contribution in [-0.4, -0.2) is 34.1 Å². The van der Waals surface area contributed by atoms with Crippen LogP contribution < -0.4 is 10.2 Å². The van der Waals surface area contributed by atoms with Crippen molar-refractivity contribution in [2.24, 2.45) is 0 Å². The lowest BCUT2D eigenvalue weighted by Crippen LogP contribution is -2.54. The van der Waals surface area contributed by atoms with Crippen molar-refractivity contribution in [2.45, 2.75) is 19.0 Å². The van der Waals surface area contributed by atoms with Gasteiger partial charge in [-0.25, -0.2) is 19.7 Å². The fourth-order valence-electron chi connectivity index (χ4n) is 2.43. The third-order valence-electron chi connectivity index (χ3n) is 3.99. The Kier molecular flexibility index (Phi) is 4.85. The normalized spacial score (nSPS) is 16.2. The number of nitrogens with one attached hydrogen (secondary N) is 1. The van der Waals surface area contributed by atoms with E-state index in [-0.39, 0.29) is 5.57 Å². The van der Waals surface area contributed by atoms with Crippen LogP contribution in [0.4, 0.5) is 10.5 Å². The van der Waals surface area contributed by atoms with Crippen LogP contribution in [0.1, 0.15) is 16.7 Å². The second-order valence-electron chi connectivity index (χ2n) is 5.73. The smallest absolute Gasteiger partial charge is 0.273 e. The molecule has 0 bridgehead atoms. The number of urea groups is 1. The number of hydrogen-bond acceptors (Lipinski definition) is 6. The van der Waals surface area contributed by atoms with E-state index in [4.69, 9.17) is 0 Å². The molecule has 1 N–H and O–H groups in total. The molecule has 0 unspecified atom stereocenters. The first kappa shape index (κ1) is 17.8. The number of carbonyl (C=O) groups excluding carboxylic acids is 3. The molecule has 0 radical (unpaired) electrons. The van der Waals surface area contributed by atoms with Gasteiger partial charge in [-0.05, 0) is 49.4 Å². The molecule has 4 amide bonds. The summed E-state index contributed by atoms with van der Waals surface area (Å²) in [6, 6.07) is 4.45. The molecule has 0 spiro atoms. The lowest BCUT2D eigenvalue weighted by molar-refractivity contribution is -0.122. The number of hydrogen-bond donors (Lipinski definition) is 1. The van der Waals surface area contributed by atoms with E-state index in [9.17, 15) is 14.4 Å². The molecule has 0 atom stereocenters. The highest BCUT2D eigenvalue weighted by Gasteiger charge is 2.36. The number of barbiturate groups is 1. The van der Waals surface area contributed by atoms with Crippen LogP contribution >= 0.6 is 11.8 Å². The first-order valence-electron chi connectivity index (χ1n) is 7.75. The maximum Gasteiger partial charge on any atom is 0.335 e. The van der Waals surface area contributed by atoms with Crippen LogP contribution in [0.15, 0.2) is 41.3 Å². The van der Waals surface area contributed by atoms with Gasteiger partial charge < -0.3 is 0 Å². The van der Waals surface area contributed by atoms with Gasteiger partial charge in [0.2, 0.25) is 0 Å². The van der Waals surface area contributed by atoms with Crippen molar-refractivity contribution in [3.05, 3.63) is 52.9 Å². The van der Waals surface area contributed by atoms with E-state index in [0.29, 0.717) is 16.4 Å². The topological polar surface area (TPSA) is 92.3 Å². The molecule has 7 nitrogen and oxygen atoms in total. The van der Waals surface area contributed by atoms with Gasteiger partial charge in [-0.3, -0.25) is 14.9 Å². The van der Waals surface area contributed by atoms with Gasteiger partial charge in [0, 0.05) is 18.0 Å². The number of benzene rings is 1. The molecular formula is C18H16N4O3S. The van der Waals surface area contributed by atoms with Gasteiger partial charge in [-0.1, -0.05) is 17.8 Å². The van der Waals surface area contributed by atoms with E-state index < -0.39 is 17.8 Å². The van der Waals surface area contributed by atoms with Crippen molar-refractivity contribution in [1.29, 1.82) is 0 Å². The highest BCUT2D eigenvalue weighted by atomic mass is 32.2. The zero-order valence-corrected chi connectivity index (χ0v) is 15.3. The lowest BCUT2D eigenvalue weighted by atomic mass is 10.1. The number of amides is 4. The molecule has 1 aromatic heterocycles. The summed E-state index contributed by atoms with van der Waals surface area (Å²) < 4.78 is 0. The highest BCUT2D eigenvalue weighted by molar-refractivity contribution is 7.98. The van der Waals surface area contributed by atoms with Crippen molar-refractivity contribution >= 4 is 41.4 Å². The first-order valence-corrected chi connectivity index (χ1v) is 8.98. The summed E-state index contributed by atoms with van der Waals surface area (Å²) in [6.07, 6.45) is 6.26. The Bertz CT molecular complexity index is 938. The third kappa shape index (κ3) is 3.36. The number of anilines is 1. The Labute approximate surface area is 154 Å². The number of carbonyl (C=O) groups is 3. The number of thioether (sulfide) groups is 1. The third-order valence-corrected chi connectivity index (χ3v) is 4.57. The SMILES string of the molecule is CSc1ncc(C=C2C(=O)NC(=O)N(c3ccc(C)c(C)c3)C2=O)cn1. The molecule has 1 aliphatic rings. The Balaban J connectivity index is 1.99. The summed E-state index contributed by atoms with van der Waals surface area (Å²) in [5.41, 5.74) is 2.73. The quantitative estimate of drug-likeness (QED) is 0.387. The predicted molar refractivity (Wildman–Crippen MR) is 98.7 cm³/mol. The van der Waals surface area contributed by atoms with Crippen LogP contribution in [0.3, 0.4) is 0 Å². The molecule has 26 heavy (non-hydrogen) atoms. The molecule has 1 fully saturated rings. The molecule has 1 aliphatic heterocycles. The summed E-state index contributed by atoms with van der Waals surface area (Å²) in [5.74, 6) is -1.43. The molecule has 2 aromatic rings. The second-order valence-corrected chi connectivity index (χ2v) is 6.50. The maximum atomic E-state index is 12.8. The van der Waals surface area contributed by atoms with Crippen molar-refractivity contribution in [2.75, 3.05) is 11.2 Å². The van der Waals surface area contributed by atoms with Gasteiger partial charge in [0.25, 0.3) is 11.8 Å². The maximum absolute atomic E-state index is 12.8. The van der Waals surface area contributed by atoms with Gasteiger partial charge >= 0.3 is 6.03 Å². The molecule has 3 rings (SSSR count). The van der Waals surface area contributed by atoms with Gasteiger partial charge in [-0.2, -0.15) is 0 Å². The minimum atomic E-state index is -0.769. The van der Waals surface area contributed by atoms with Gasteiger partial charge in [0.15, 0.2) is 5.16 Å². The fourth-order valence-corrected chi connectivity index (χ4v) is 2.75. The first-order chi connectivity index (χ1) is 12.4. The fraction of sp³-hybridized carbons (Fsp3) is 0.167. The molecule has 0 aliphatic carbocycles. The minimum Gasteiger partial charge on any atom is -0.273 e. The second kappa shape index (κ2) is 7.09. The van der Waals surface area contributed by atoms with Gasteiger partial charge in [0.1, 0.15) is 5.57 Å². The Hall–Kier alpha value is -3.00. The average Bonchev–Trinajstić information content (AvgIpc) is 2.62. The molecule has 8 heteroatoms. The predicted octanol–water partition coefficient (Wildman–Crippen LogP) is 2.48. The van der Waals surface area contributed by atoms with E-state index in [1.54, 1.807) is 12.1 Å². The summed E-state index contributed by atoms with van der Waals surface area (Å²) in [4.78, 5) is 46.3. The average molecular weight is 368 g/mol. The number of nitrogens with zero attached hydrogens (tertiary/aromatic N) is 3. The van der Waals surface area contributed by atoms with Crippen molar-refractivity contribution < 1.29 is 14.4 Å². The molecular weight excluding hydrogens is 352 g/mol. The number of imide groups is 2. The van der Waals surface area contributed by atoms with Crippen LogP contribution in [0.2, 0.25) is 0 Å². The summed E-state index contributed by atoms with van der Waals surface area (Å²) in [5, 5.41) is 2.78. The standard InChI is InChI=1S/C18H16N4O3S/c1-10-4-5-13(6-11(10)2)22-16(24)14(15(23)21-18(22)25)7-12-8-19-17(26-3)20-9-12/h4-9H,1-3H3,(H,21,23,25). The molecule has 1 aromatic carbocycles. The van der Waals surface area contributed by atoms with Crippen molar-refractivity contribution in [3.63, 3.8) is 0 Å². The number of aromatic nitrogens is 2. The van der Waals surface area contributed by atoms with Gasteiger partial charge in [-0.15, -0.1) is 0 Å². The van der Waals surface area contributed by atoms with E-state index in [2.05, 4.69) is 15.3 Å². The Morgan fingerprint density at radius 1 is 1.08 bits per heavy atom. The zero-order valence-electron chi connectivity index (χ0n) is 14.4. The van der Waals surface area contributed by atoms with Crippen molar-refractivity contribution in [3.8, 4) is 0 Å². The molecule has 0 saturated carbocycles. The summed E-state index contributed by atoms with van der Waals surface area (Å²) in [6.45, 7) is 3.82. The highest BCUT2D eigenvalue weighted by Crippen LogP contribution is 2.24. The Morgan fingerprint density at radius 3 is 2.38 bits per heavy atom. The van der Waals surface area contributed by atoms with Crippen LogP contribution in [0.5, 0.6) is 0 Å². The van der Waals surface area contributed by atoms with E-state index in [1.165, 1.54) is 30.2 Å².